The molecule has 0 N–H and O–H groups in total. The SMILES string of the molecule is C=C1/C=C(c2ccc3c(c2)c2ccccc2n3-c2ccccc2)\C=C/N(c2cccc(/C(=C\C)C3=C=C(c4ccccc4)C=C3)c2)c2ccccc21. The number of aromatic nitrogens is 1. The predicted octanol–water partition coefficient (Wildman–Crippen LogP) is 13.1. The number of hydrogen-bond acceptors (Lipinski definition) is 1. The van der Waals surface area contributed by atoms with Crippen LogP contribution in [0.3, 0.4) is 0 Å². The van der Waals surface area contributed by atoms with Gasteiger partial charge in [0, 0.05) is 45.1 Å². The van der Waals surface area contributed by atoms with Crippen LogP contribution in [-0.4, -0.2) is 4.57 Å². The molecule has 0 bridgehead atoms. The fourth-order valence-electron chi connectivity index (χ4n) is 7.56. The summed E-state index contributed by atoms with van der Waals surface area (Å²) in [7, 11) is 0. The number of benzene rings is 6. The highest BCUT2D eigenvalue weighted by Crippen LogP contribution is 2.40. The smallest absolute Gasteiger partial charge is 0.0541 e. The Morgan fingerprint density at radius 3 is 2.19 bits per heavy atom. The molecule has 9 rings (SSSR count). The Morgan fingerprint density at radius 1 is 0.615 bits per heavy atom. The van der Waals surface area contributed by atoms with Crippen molar-refractivity contribution in [1.29, 1.82) is 0 Å². The van der Waals surface area contributed by atoms with Crippen LogP contribution in [0.5, 0.6) is 0 Å². The van der Waals surface area contributed by atoms with Gasteiger partial charge in [0.1, 0.15) is 0 Å². The number of anilines is 2. The van der Waals surface area contributed by atoms with Crippen molar-refractivity contribution >= 4 is 55.5 Å². The van der Waals surface area contributed by atoms with Crippen molar-refractivity contribution in [3.63, 3.8) is 0 Å². The number of nitrogens with zero attached hydrogens (tertiary/aromatic N) is 2. The predicted molar refractivity (Wildman–Crippen MR) is 222 cm³/mol. The summed E-state index contributed by atoms with van der Waals surface area (Å²) in [5, 5.41) is 2.46. The fourth-order valence-corrected chi connectivity index (χ4v) is 7.56. The second-order valence-electron chi connectivity index (χ2n) is 13.2. The summed E-state index contributed by atoms with van der Waals surface area (Å²) in [6.45, 7) is 6.69. The highest BCUT2D eigenvalue weighted by Gasteiger charge is 2.19. The summed E-state index contributed by atoms with van der Waals surface area (Å²) < 4.78 is 2.36. The summed E-state index contributed by atoms with van der Waals surface area (Å²) in [4.78, 5) is 2.29. The highest BCUT2D eigenvalue weighted by molar-refractivity contribution is 6.10. The molecule has 6 aromatic carbocycles. The molecule has 2 aliphatic rings. The van der Waals surface area contributed by atoms with Crippen molar-refractivity contribution in [2.75, 3.05) is 4.90 Å². The van der Waals surface area contributed by atoms with Gasteiger partial charge in [0.05, 0.1) is 16.7 Å². The largest absolute Gasteiger partial charge is 0.317 e. The van der Waals surface area contributed by atoms with Gasteiger partial charge in [-0.3, -0.25) is 0 Å². The van der Waals surface area contributed by atoms with Crippen LogP contribution in [0, 0.1) is 0 Å². The Bertz CT molecular complexity index is 2720. The van der Waals surface area contributed by atoms with E-state index in [9.17, 15) is 0 Å². The molecular formula is C50H36N2. The monoisotopic (exact) mass is 664 g/mol. The van der Waals surface area contributed by atoms with E-state index in [1.165, 1.54) is 27.4 Å². The molecular weight excluding hydrogens is 629 g/mol. The van der Waals surface area contributed by atoms with Gasteiger partial charge in [0.25, 0.3) is 0 Å². The fraction of sp³-hybridized carbons (Fsp3) is 0.0200. The molecule has 52 heavy (non-hydrogen) atoms. The second-order valence-corrected chi connectivity index (χ2v) is 13.2. The minimum atomic E-state index is 0.969. The lowest BCUT2D eigenvalue weighted by atomic mass is 9.95. The number of allylic oxidation sites excluding steroid dienone is 9. The maximum absolute atomic E-state index is 4.59. The van der Waals surface area contributed by atoms with Crippen molar-refractivity contribution in [1.82, 2.24) is 4.57 Å². The molecule has 7 aromatic rings. The van der Waals surface area contributed by atoms with Gasteiger partial charge >= 0.3 is 0 Å². The molecule has 2 heteroatoms. The van der Waals surface area contributed by atoms with Crippen molar-refractivity contribution in [2.45, 2.75) is 6.92 Å². The van der Waals surface area contributed by atoms with E-state index < -0.39 is 0 Å². The molecule has 1 aromatic heterocycles. The van der Waals surface area contributed by atoms with Gasteiger partial charge < -0.3 is 9.47 Å². The molecule has 0 radical (unpaired) electrons. The van der Waals surface area contributed by atoms with E-state index in [-0.39, 0.29) is 0 Å². The van der Waals surface area contributed by atoms with Gasteiger partial charge in [0.2, 0.25) is 0 Å². The van der Waals surface area contributed by atoms with E-state index in [1.807, 2.05) is 6.07 Å². The van der Waals surface area contributed by atoms with Gasteiger partial charge in [-0.1, -0.05) is 116 Å². The van der Waals surface area contributed by atoms with E-state index in [4.69, 9.17) is 0 Å². The van der Waals surface area contributed by atoms with Gasteiger partial charge in [-0.05, 0) is 113 Å². The van der Waals surface area contributed by atoms with Crippen molar-refractivity contribution in [3.05, 3.63) is 228 Å². The molecule has 0 saturated heterocycles. The highest BCUT2D eigenvalue weighted by atomic mass is 15.1. The standard InChI is InChI=1S/C50H36N2/c1-3-44(41-26-25-37(32-41)36-15-6-4-7-16-36)40-17-14-20-43(33-40)51-30-29-39(31-35(2)45-21-10-12-23-48(45)51)38-27-28-50-47(34-38)46-22-11-13-24-49(46)52(50)42-18-8-5-9-19-42/h3-31,33-34H,2H2,1H3/b30-29-,39-31+,44-3+. The quantitative estimate of drug-likeness (QED) is 0.161. The van der Waals surface area contributed by atoms with E-state index in [0.29, 0.717) is 0 Å². The number of fused-ring (bicyclic) bond motifs is 4. The van der Waals surface area contributed by atoms with Crippen LogP contribution in [0.25, 0.3) is 49.8 Å². The first-order chi connectivity index (χ1) is 25.7. The van der Waals surface area contributed by atoms with E-state index in [0.717, 1.165) is 61.6 Å². The third kappa shape index (κ3) is 5.49. The summed E-state index contributed by atoms with van der Waals surface area (Å²) in [6.07, 6.45) is 13.2. The van der Waals surface area contributed by atoms with E-state index in [1.54, 1.807) is 0 Å². The van der Waals surface area contributed by atoms with Crippen LogP contribution in [0.2, 0.25) is 0 Å². The van der Waals surface area contributed by atoms with Gasteiger partial charge in [-0.15, -0.1) is 5.73 Å². The average molecular weight is 665 g/mol. The Balaban J connectivity index is 1.13. The zero-order chi connectivity index (χ0) is 35.0. The first-order valence-corrected chi connectivity index (χ1v) is 17.7. The summed E-state index contributed by atoms with van der Waals surface area (Å²) in [5.41, 5.74) is 19.3. The van der Waals surface area contributed by atoms with E-state index >= 15 is 0 Å². The minimum Gasteiger partial charge on any atom is -0.317 e. The topological polar surface area (TPSA) is 8.17 Å². The molecule has 246 valence electrons. The van der Waals surface area contributed by atoms with Crippen LogP contribution in [0.1, 0.15) is 29.2 Å². The third-order valence-corrected chi connectivity index (χ3v) is 10.0. The molecule has 0 amide bonds. The van der Waals surface area contributed by atoms with Crippen molar-refractivity contribution in [2.24, 2.45) is 0 Å². The number of para-hydroxylation sites is 3. The first kappa shape index (κ1) is 31.1. The van der Waals surface area contributed by atoms with Crippen molar-refractivity contribution < 1.29 is 0 Å². The van der Waals surface area contributed by atoms with Crippen LogP contribution in [-0.2, 0) is 0 Å². The Kier molecular flexibility index (Phi) is 7.86. The molecule has 0 unspecified atom stereocenters. The molecule has 1 aliphatic carbocycles. The Labute approximate surface area is 304 Å². The van der Waals surface area contributed by atoms with Crippen LogP contribution >= 0.6 is 0 Å². The normalized spacial score (nSPS) is 15.9. The Morgan fingerprint density at radius 2 is 1.35 bits per heavy atom. The summed E-state index contributed by atoms with van der Waals surface area (Å²) in [5.74, 6) is 0. The molecule has 0 fully saturated rings. The zero-order valence-electron chi connectivity index (χ0n) is 29.0. The molecule has 1 aliphatic heterocycles. The zero-order valence-corrected chi connectivity index (χ0v) is 29.0. The molecule has 2 nitrogen and oxygen atoms in total. The lowest BCUT2D eigenvalue weighted by Gasteiger charge is -2.26. The molecule has 0 saturated carbocycles. The van der Waals surface area contributed by atoms with Gasteiger partial charge in [-0.2, -0.15) is 0 Å². The molecule has 0 spiro atoms. The van der Waals surface area contributed by atoms with Gasteiger partial charge in [0.15, 0.2) is 0 Å². The summed E-state index contributed by atoms with van der Waals surface area (Å²) >= 11 is 0. The Hall–Kier alpha value is -6.86. The average Bonchev–Trinajstić information content (AvgIpc) is 3.81. The van der Waals surface area contributed by atoms with E-state index in [2.05, 4.69) is 211 Å². The molecule has 0 atom stereocenters. The van der Waals surface area contributed by atoms with Crippen LogP contribution in [0.4, 0.5) is 11.4 Å². The maximum atomic E-state index is 4.59. The van der Waals surface area contributed by atoms with Gasteiger partial charge in [-0.25, -0.2) is 0 Å². The maximum Gasteiger partial charge on any atom is 0.0541 e. The lowest BCUT2D eigenvalue weighted by molar-refractivity contribution is 1.18. The minimum absolute atomic E-state index is 0.969. The van der Waals surface area contributed by atoms with Crippen LogP contribution in [0.15, 0.2) is 206 Å². The number of hydrogen-bond donors (Lipinski definition) is 0. The second kappa shape index (κ2) is 13.1. The number of rotatable bonds is 6. The first-order valence-electron chi connectivity index (χ1n) is 17.7. The third-order valence-electron chi connectivity index (χ3n) is 10.0. The molecule has 2 heterocycles. The van der Waals surface area contributed by atoms with Crippen molar-refractivity contribution in [3.8, 4) is 5.69 Å². The lowest BCUT2D eigenvalue weighted by Crippen LogP contribution is -2.12. The summed E-state index contributed by atoms with van der Waals surface area (Å²) in [6, 6.07) is 53.9. The van der Waals surface area contributed by atoms with Crippen LogP contribution < -0.4 is 4.90 Å².